The van der Waals surface area contributed by atoms with E-state index in [9.17, 15) is 22.4 Å². The van der Waals surface area contributed by atoms with Crippen molar-refractivity contribution in [3.8, 4) is 0 Å². The minimum atomic E-state index is -4.57. The predicted molar refractivity (Wildman–Crippen MR) is 123 cm³/mol. The van der Waals surface area contributed by atoms with Gasteiger partial charge in [-0.05, 0) is 54.8 Å². The highest BCUT2D eigenvalue weighted by Gasteiger charge is 2.34. The van der Waals surface area contributed by atoms with Crippen LogP contribution in [0.4, 0.5) is 28.0 Å². The number of urea groups is 1. The Kier molecular flexibility index (Phi) is 7.24. The Bertz CT molecular complexity index is 1100. The van der Waals surface area contributed by atoms with Crippen LogP contribution < -0.4 is 5.32 Å². The SMILES string of the molecule is O=C(Nc1ccccc1C(F)(F)F)N(Cc1cccn1Cc1ccc(F)cc1)C1CCCCC1. The van der Waals surface area contributed by atoms with Crippen LogP contribution in [0.2, 0.25) is 0 Å². The van der Waals surface area contributed by atoms with Gasteiger partial charge in [0.05, 0.1) is 17.8 Å². The fourth-order valence-corrected chi connectivity index (χ4v) is 4.49. The number of alkyl halides is 3. The third-order valence-corrected chi connectivity index (χ3v) is 6.27. The summed E-state index contributed by atoms with van der Waals surface area (Å²) in [5.41, 5.74) is 0.648. The van der Waals surface area contributed by atoms with Gasteiger partial charge in [0, 0.05) is 24.5 Å². The predicted octanol–water partition coefficient (Wildman–Crippen LogP) is 7.06. The Morgan fingerprint density at radius 1 is 0.971 bits per heavy atom. The maximum absolute atomic E-state index is 13.5. The average molecular weight is 474 g/mol. The molecule has 3 aromatic rings. The van der Waals surface area contributed by atoms with Crippen molar-refractivity contribution in [1.29, 1.82) is 0 Å². The van der Waals surface area contributed by atoms with Gasteiger partial charge in [-0.2, -0.15) is 13.2 Å². The van der Waals surface area contributed by atoms with Gasteiger partial charge in [0.1, 0.15) is 5.82 Å². The zero-order valence-corrected chi connectivity index (χ0v) is 18.7. The van der Waals surface area contributed by atoms with Gasteiger partial charge >= 0.3 is 12.2 Å². The number of hydrogen-bond acceptors (Lipinski definition) is 1. The second-order valence-corrected chi connectivity index (χ2v) is 8.65. The van der Waals surface area contributed by atoms with E-state index in [2.05, 4.69) is 5.32 Å². The Morgan fingerprint density at radius 2 is 1.68 bits per heavy atom. The van der Waals surface area contributed by atoms with Crippen molar-refractivity contribution in [1.82, 2.24) is 9.47 Å². The van der Waals surface area contributed by atoms with Crippen LogP contribution in [0.1, 0.15) is 48.9 Å². The van der Waals surface area contributed by atoms with E-state index in [1.54, 1.807) is 17.0 Å². The summed E-state index contributed by atoms with van der Waals surface area (Å²) >= 11 is 0. The van der Waals surface area contributed by atoms with Gasteiger partial charge < -0.3 is 14.8 Å². The monoisotopic (exact) mass is 473 g/mol. The quantitative estimate of drug-likeness (QED) is 0.382. The van der Waals surface area contributed by atoms with Gasteiger partial charge in [-0.1, -0.05) is 43.5 Å². The molecule has 180 valence electrons. The third kappa shape index (κ3) is 5.79. The minimum absolute atomic E-state index is 0.0547. The van der Waals surface area contributed by atoms with Crippen LogP contribution in [0.5, 0.6) is 0 Å². The van der Waals surface area contributed by atoms with Crippen molar-refractivity contribution in [3.63, 3.8) is 0 Å². The molecule has 2 aromatic carbocycles. The molecular formula is C26H27F4N3O. The number of anilines is 1. The zero-order chi connectivity index (χ0) is 24.1. The molecule has 1 aliphatic rings. The van der Waals surface area contributed by atoms with Crippen molar-refractivity contribution in [2.45, 2.75) is 57.4 Å². The topological polar surface area (TPSA) is 37.3 Å². The molecular weight excluding hydrogens is 446 g/mol. The summed E-state index contributed by atoms with van der Waals surface area (Å²) in [7, 11) is 0. The molecule has 1 fully saturated rings. The molecule has 2 amide bonds. The van der Waals surface area contributed by atoms with Crippen LogP contribution in [0, 0.1) is 5.82 Å². The van der Waals surface area contributed by atoms with E-state index in [1.165, 1.54) is 30.3 Å². The highest BCUT2D eigenvalue weighted by molar-refractivity contribution is 5.90. The number of para-hydroxylation sites is 1. The van der Waals surface area contributed by atoms with Gasteiger partial charge in [0.15, 0.2) is 0 Å². The molecule has 4 nitrogen and oxygen atoms in total. The first-order valence-corrected chi connectivity index (χ1v) is 11.4. The molecule has 1 aromatic heterocycles. The molecule has 0 aliphatic heterocycles. The van der Waals surface area contributed by atoms with E-state index < -0.39 is 17.8 Å². The Balaban J connectivity index is 1.57. The van der Waals surface area contributed by atoms with E-state index in [0.29, 0.717) is 6.54 Å². The van der Waals surface area contributed by atoms with Gasteiger partial charge in [0.25, 0.3) is 0 Å². The van der Waals surface area contributed by atoms with Gasteiger partial charge in [-0.25, -0.2) is 9.18 Å². The van der Waals surface area contributed by atoms with Crippen molar-refractivity contribution in [2.75, 3.05) is 5.32 Å². The first-order valence-electron chi connectivity index (χ1n) is 11.4. The standard InChI is InChI=1S/C26H27F4N3O/c27-20-14-12-19(13-15-20)17-32-16-6-9-22(32)18-33(21-7-2-1-3-8-21)25(34)31-24-11-5-4-10-23(24)26(28,29)30/h4-6,9-16,21H,1-3,7-8,17-18H2,(H,31,34). The highest BCUT2D eigenvalue weighted by atomic mass is 19.4. The van der Waals surface area contributed by atoms with Gasteiger partial charge in [-0.15, -0.1) is 0 Å². The van der Waals surface area contributed by atoms with Gasteiger partial charge in [-0.3, -0.25) is 0 Å². The second kappa shape index (κ2) is 10.3. The van der Waals surface area contributed by atoms with E-state index in [0.717, 1.165) is 49.4 Å². The first-order chi connectivity index (χ1) is 16.3. The molecule has 0 unspecified atom stereocenters. The summed E-state index contributed by atoms with van der Waals surface area (Å²) in [5, 5.41) is 2.52. The van der Waals surface area contributed by atoms with Crippen molar-refractivity contribution < 1.29 is 22.4 Å². The highest BCUT2D eigenvalue weighted by Crippen LogP contribution is 2.35. The lowest BCUT2D eigenvalue weighted by Crippen LogP contribution is -2.44. The summed E-state index contributed by atoms with van der Waals surface area (Å²) in [4.78, 5) is 15.0. The molecule has 1 aliphatic carbocycles. The zero-order valence-electron chi connectivity index (χ0n) is 18.7. The summed E-state index contributed by atoms with van der Waals surface area (Å²) in [6.45, 7) is 0.762. The number of aromatic nitrogens is 1. The molecule has 0 bridgehead atoms. The Hall–Kier alpha value is -3.29. The molecule has 4 rings (SSSR count). The minimum Gasteiger partial charge on any atom is -0.345 e. The third-order valence-electron chi connectivity index (χ3n) is 6.27. The molecule has 0 saturated heterocycles. The van der Waals surface area contributed by atoms with Gasteiger partial charge in [0.2, 0.25) is 0 Å². The molecule has 34 heavy (non-hydrogen) atoms. The summed E-state index contributed by atoms with van der Waals surface area (Å²) in [6.07, 6.45) is 1.98. The fourth-order valence-electron chi connectivity index (χ4n) is 4.49. The summed E-state index contributed by atoms with van der Waals surface area (Å²) < 4.78 is 55.6. The lowest BCUT2D eigenvalue weighted by molar-refractivity contribution is -0.136. The van der Waals surface area contributed by atoms with Crippen LogP contribution in [0.3, 0.4) is 0 Å². The number of carbonyl (C=O) groups excluding carboxylic acids is 1. The second-order valence-electron chi connectivity index (χ2n) is 8.65. The van der Waals surface area contributed by atoms with E-state index in [1.807, 2.05) is 22.9 Å². The first kappa shape index (κ1) is 23.9. The Labute approximate surface area is 196 Å². The van der Waals surface area contributed by atoms with E-state index >= 15 is 0 Å². The van der Waals surface area contributed by atoms with E-state index in [4.69, 9.17) is 0 Å². The van der Waals surface area contributed by atoms with Crippen LogP contribution in [-0.4, -0.2) is 21.5 Å². The maximum atomic E-state index is 13.5. The van der Waals surface area contributed by atoms with Crippen LogP contribution in [-0.2, 0) is 19.3 Å². The maximum Gasteiger partial charge on any atom is 0.418 e. The number of benzene rings is 2. The lowest BCUT2D eigenvalue weighted by atomic mass is 9.94. The Morgan fingerprint density at radius 3 is 2.38 bits per heavy atom. The number of rotatable bonds is 6. The van der Waals surface area contributed by atoms with Crippen LogP contribution in [0.25, 0.3) is 0 Å². The molecule has 1 N–H and O–H groups in total. The van der Waals surface area contributed by atoms with E-state index in [-0.39, 0.29) is 24.1 Å². The molecule has 0 spiro atoms. The van der Waals surface area contributed by atoms with Crippen molar-refractivity contribution in [3.05, 3.63) is 89.5 Å². The number of nitrogens with one attached hydrogen (secondary N) is 1. The summed E-state index contributed by atoms with van der Waals surface area (Å²) in [6, 6.07) is 14.4. The smallest absolute Gasteiger partial charge is 0.345 e. The normalized spacial score (nSPS) is 14.7. The number of amides is 2. The number of halogens is 4. The molecule has 8 heteroatoms. The number of hydrogen-bond donors (Lipinski definition) is 1. The molecule has 0 atom stereocenters. The van der Waals surface area contributed by atoms with Crippen LogP contribution >= 0.6 is 0 Å². The molecule has 1 heterocycles. The van der Waals surface area contributed by atoms with Crippen LogP contribution in [0.15, 0.2) is 66.9 Å². The number of nitrogens with zero attached hydrogens (tertiary/aromatic N) is 2. The van der Waals surface area contributed by atoms with Crippen molar-refractivity contribution >= 4 is 11.7 Å². The average Bonchev–Trinajstić information content (AvgIpc) is 3.25. The van der Waals surface area contributed by atoms with Crippen molar-refractivity contribution in [2.24, 2.45) is 0 Å². The lowest BCUT2D eigenvalue weighted by Gasteiger charge is -2.35. The molecule has 0 radical (unpaired) electrons. The summed E-state index contributed by atoms with van der Waals surface area (Å²) in [5.74, 6) is -0.309. The number of carbonyl (C=O) groups is 1. The molecule has 1 saturated carbocycles. The largest absolute Gasteiger partial charge is 0.418 e. The fraction of sp³-hybridized carbons (Fsp3) is 0.346.